The fourth-order valence-electron chi connectivity index (χ4n) is 2.79. The Kier molecular flexibility index (Phi) is 5.79. The number of rotatable bonds is 4. The number of nitrogens with one attached hydrogen (secondary N) is 1. The van der Waals surface area contributed by atoms with E-state index >= 15 is 0 Å². The van der Waals surface area contributed by atoms with Crippen LogP contribution in [0.15, 0.2) is 24.3 Å². The molecule has 7 heteroatoms. The smallest absolute Gasteiger partial charge is 0.393 e. The van der Waals surface area contributed by atoms with Gasteiger partial charge in [-0.3, -0.25) is 4.79 Å². The molecule has 3 atom stereocenters. The first-order valence-electron chi connectivity index (χ1n) is 7.56. The van der Waals surface area contributed by atoms with Crippen molar-refractivity contribution in [3.05, 3.63) is 29.3 Å². The molecule has 1 aliphatic carbocycles. The van der Waals surface area contributed by atoms with Gasteiger partial charge in [0.2, 0.25) is 0 Å². The molecule has 0 aromatic heterocycles. The Bertz CT molecular complexity index is 550. The van der Waals surface area contributed by atoms with E-state index in [0.717, 1.165) is 0 Å². The zero-order valence-electron chi connectivity index (χ0n) is 12.7. The van der Waals surface area contributed by atoms with Crippen molar-refractivity contribution in [2.75, 3.05) is 0 Å². The van der Waals surface area contributed by atoms with Crippen LogP contribution in [0.4, 0.5) is 13.2 Å². The van der Waals surface area contributed by atoms with Crippen molar-refractivity contribution in [2.45, 2.75) is 50.9 Å². The van der Waals surface area contributed by atoms with Crippen LogP contribution in [0.5, 0.6) is 5.75 Å². The Hall–Kier alpha value is -1.43. The molecular formula is C16H19ClF3NO2. The van der Waals surface area contributed by atoms with E-state index in [0.29, 0.717) is 30.0 Å². The van der Waals surface area contributed by atoms with Crippen molar-refractivity contribution in [1.29, 1.82) is 0 Å². The largest absolute Gasteiger partial charge is 0.481 e. The minimum atomic E-state index is -4.30. The highest BCUT2D eigenvalue weighted by Gasteiger charge is 2.46. The maximum Gasteiger partial charge on any atom is 0.393 e. The Morgan fingerprint density at radius 3 is 2.70 bits per heavy atom. The highest BCUT2D eigenvalue weighted by atomic mass is 35.5. The number of carbonyl (C=O) groups is 1. The summed E-state index contributed by atoms with van der Waals surface area (Å²) in [6, 6.07) is 5.62. The van der Waals surface area contributed by atoms with Crippen LogP contribution in [0.2, 0.25) is 5.02 Å². The van der Waals surface area contributed by atoms with E-state index in [1.807, 2.05) is 0 Å². The molecule has 3 nitrogen and oxygen atoms in total. The molecular weight excluding hydrogens is 331 g/mol. The zero-order valence-corrected chi connectivity index (χ0v) is 13.5. The molecule has 1 aromatic rings. The van der Waals surface area contributed by atoms with Gasteiger partial charge in [0.1, 0.15) is 5.75 Å². The molecule has 1 fully saturated rings. The van der Waals surface area contributed by atoms with Crippen molar-refractivity contribution in [1.82, 2.24) is 5.32 Å². The standard InChI is InChI=1S/C16H19ClF3NO2/c1-10(23-12-6-4-5-11(17)9-12)15(22)21-14-8-3-2-7-13(14)16(18,19)20/h4-6,9-10,13-14H,2-3,7-8H2,1H3,(H,21,22). The van der Waals surface area contributed by atoms with E-state index in [1.165, 1.54) is 6.92 Å². The van der Waals surface area contributed by atoms with E-state index in [4.69, 9.17) is 16.3 Å². The Labute approximate surface area is 138 Å². The van der Waals surface area contributed by atoms with Gasteiger partial charge in [0.25, 0.3) is 5.91 Å². The number of hydrogen-bond donors (Lipinski definition) is 1. The maximum absolute atomic E-state index is 13.0. The average Bonchev–Trinajstić information content (AvgIpc) is 2.46. The molecule has 1 aromatic carbocycles. The van der Waals surface area contributed by atoms with Crippen LogP contribution in [-0.2, 0) is 4.79 Å². The van der Waals surface area contributed by atoms with Crippen LogP contribution in [0.1, 0.15) is 32.6 Å². The van der Waals surface area contributed by atoms with E-state index < -0.39 is 30.1 Å². The van der Waals surface area contributed by atoms with E-state index in [-0.39, 0.29) is 6.42 Å². The summed E-state index contributed by atoms with van der Waals surface area (Å²) in [6.45, 7) is 1.50. The minimum absolute atomic E-state index is 0.0535. The maximum atomic E-state index is 13.0. The first-order valence-corrected chi connectivity index (χ1v) is 7.94. The molecule has 0 saturated heterocycles. The van der Waals surface area contributed by atoms with Crippen LogP contribution in [-0.4, -0.2) is 24.2 Å². The summed E-state index contributed by atoms with van der Waals surface area (Å²) in [4.78, 5) is 12.1. The van der Waals surface area contributed by atoms with Crippen molar-refractivity contribution in [3.8, 4) is 5.75 Å². The molecule has 128 valence electrons. The molecule has 0 aliphatic heterocycles. The van der Waals surface area contributed by atoms with Crippen LogP contribution in [0, 0.1) is 5.92 Å². The van der Waals surface area contributed by atoms with Gasteiger partial charge in [-0.2, -0.15) is 13.2 Å². The Morgan fingerprint density at radius 2 is 2.04 bits per heavy atom. The molecule has 0 radical (unpaired) electrons. The van der Waals surface area contributed by atoms with Gasteiger partial charge in [0.15, 0.2) is 6.10 Å². The predicted octanol–water partition coefficient (Wildman–Crippen LogP) is 4.34. The third kappa shape index (κ3) is 5.03. The number of benzene rings is 1. The Morgan fingerprint density at radius 1 is 1.35 bits per heavy atom. The van der Waals surface area contributed by atoms with Crippen molar-refractivity contribution < 1.29 is 22.7 Å². The summed E-state index contributed by atoms with van der Waals surface area (Å²) in [5, 5.41) is 2.95. The van der Waals surface area contributed by atoms with Crippen LogP contribution in [0.3, 0.4) is 0 Å². The lowest BCUT2D eigenvalue weighted by molar-refractivity contribution is -0.189. The van der Waals surface area contributed by atoms with Crippen molar-refractivity contribution >= 4 is 17.5 Å². The molecule has 1 saturated carbocycles. The fraction of sp³-hybridized carbons (Fsp3) is 0.562. The minimum Gasteiger partial charge on any atom is -0.481 e. The SMILES string of the molecule is CC(Oc1cccc(Cl)c1)C(=O)NC1CCCCC1C(F)(F)F. The molecule has 0 spiro atoms. The van der Waals surface area contributed by atoms with Gasteiger partial charge in [-0.15, -0.1) is 0 Å². The van der Waals surface area contributed by atoms with Crippen LogP contribution in [0.25, 0.3) is 0 Å². The number of carbonyl (C=O) groups excluding carboxylic acids is 1. The highest BCUT2D eigenvalue weighted by Crippen LogP contribution is 2.37. The number of ether oxygens (including phenoxy) is 1. The predicted molar refractivity (Wildman–Crippen MR) is 81.5 cm³/mol. The number of amides is 1. The summed E-state index contributed by atoms with van der Waals surface area (Å²) in [6.07, 6.45) is -3.59. The first kappa shape index (κ1) is 17.9. The quantitative estimate of drug-likeness (QED) is 0.877. The monoisotopic (exact) mass is 349 g/mol. The molecule has 0 heterocycles. The summed E-state index contributed by atoms with van der Waals surface area (Å²) < 4.78 is 44.6. The summed E-state index contributed by atoms with van der Waals surface area (Å²) in [5.41, 5.74) is 0. The third-order valence-electron chi connectivity index (χ3n) is 3.99. The molecule has 23 heavy (non-hydrogen) atoms. The average molecular weight is 350 g/mol. The number of alkyl halides is 3. The number of hydrogen-bond acceptors (Lipinski definition) is 2. The van der Waals surface area contributed by atoms with Gasteiger partial charge in [0, 0.05) is 11.1 Å². The first-order chi connectivity index (χ1) is 10.8. The molecule has 0 bridgehead atoms. The third-order valence-corrected chi connectivity index (χ3v) is 4.23. The molecule has 1 aliphatic rings. The molecule has 1 N–H and O–H groups in total. The highest BCUT2D eigenvalue weighted by molar-refractivity contribution is 6.30. The van der Waals surface area contributed by atoms with Gasteiger partial charge in [-0.25, -0.2) is 0 Å². The van der Waals surface area contributed by atoms with Crippen LogP contribution >= 0.6 is 11.6 Å². The van der Waals surface area contributed by atoms with E-state index in [2.05, 4.69) is 5.32 Å². The lowest BCUT2D eigenvalue weighted by Gasteiger charge is -2.34. The zero-order chi connectivity index (χ0) is 17.0. The van der Waals surface area contributed by atoms with E-state index in [1.54, 1.807) is 24.3 Å². The lowest BCUT2D eigenvalue weighted by Crippen LogP contribution is -2.50. The van der Waals surface area contributed by atoms with Gasteiger partial charge >= 0.3 is 6.18 Å². The topological polar surface area (TPSA) is 38.3 Å². The molecule has 1 amide bonds. The second-order valence-corrected chi connectivity index (χ2v) is 6.20. The second kappa shape index (κ2) is 7.43. The van der Waals surface area contributed by atoms with Crippen molar-refractivity contribution in [3.63, 3.8) is 0 Å². The fourth-order valence-corrected chi connectivity index (χ4v) is 2.97. The van der Waals surface area contributed by atoms with E-state index in [9.17, 15) is 18.0 Å². The molecule has 3 unspecified atom stereocenters. The van der Waals surface area contributed by atoms with Gasteiger partial charge in [0.05, 0.1) is 5.92 Å². The molecule has 2 rings (SSSR count). The normalized spacial score (nSPS) is 23.2. The van der Waals surface area contributed by atoms with Gasteiger partial charge in [-0.05, 0) is 38.0 Å². The Balaban J connectivity index is 1.96. The summed E-state index contributed by atoms with van der Waals surface area (Å²) in [5.74, 6) is -1.64. The second-order valence-electron chi connectivity index (χ2n) is 5.77. The van der Waals surface area contributed by atoms with Gasteiger partial charge < -0.3 is 10.1 Å². The number of halogens is 4. The lowest BCUT2D eigenvalue weighted by atomic mass is 9.84. The van der Waals surface area contributed by atoms with Crippen molar-refractivity contribution in [2.24, 2.45) is 5.92 Å². The summed E-state index contributed by atoms with van der Waals surface area (Å²) in [7, 11) is 0. The summed E-state index contributed by atoms with van der Waals surface area (Å²) >= 11 is 5.83. The van der Waals surface area contributed by atoms with Crippen LogP contribution < -0.4 is 10.1 Å². The van der Waals surface area contributed by atoms with Gasteiger partial charge in [-0.1, -0.05) is 30.5 Å².